The molecule has 7 nitrogen and oxygen atoms in total. The van der Waals surface area contributed by atoms with Gasteiger partial charge in [0.1, 0.15) is 17.6 Å². The Morgan fingerprint density at radius 3 is 2.85 bits per heavy atom. The normalized spacial score (nSPS) is 19.7. The zero-order chi connectivity index (χ0) is 18.8. The minimum absolute atomic E-state index is 0.0251. The van der Waals surface area contributed by atoms with E-state index in [1.807, 2.05) is 31.2 Å². The van der Waals surface area contributed by atoms with Crippen molar-refractivity contribution in [2.75, 3.05) is 40.5 Å². The minimum atomic E-state index is -0.0251. The van der Waals surface area contributed by atoms with Gasteiger partial charge in [0.15, 0.2) is 5.96 Å². The van der Waals surface area contributed by atoms with Gasteiger partial charge in [-0.1, -0.05) is 6.07 Å². The zero-order valence-corrected chi connectivity index (χ0v) is 16.2. The van der Waals surface area contributed by atoms with Crippen LogP contribution in [0.4, 0.5) is 0 Å². The molecule has 1 fully saturated rings. The molecule has 0 bridgehead atoms. The highest BCUT2D eigenvalue weighted by Gasteiger charge is 2.17. The third kappa shape index (κ3) is 7.09. The monoisotopic (exact) mass is 365 g/mol. The van der Waals surface area contributed by atoms with E-state index in [9.17, 15) is 0 Å². The van der Waals surface area contributed by atoms with E-state index in [-0.39, 0.29) is 18.2 Å². The van der Waals surface area contributed by atoms with E-state index in [0.29, 0.717) is 19.8 Å². The number of benzene rings is 1. The Labute approximate surface area is 156 Å². The fourth-order valence-corrected chi connectivity index (χ4v) is 2.58. The summed E-state index contributed by atoms with van der Waals surface area (Å²) in [5.41, 5.74) is 0. The number of rotatable bonds is 9. The van der Waals surface area contributed by atoms with Crippen molar-refractivity contribution in [2.24, 2.45) is 4.99 Å². The Balaban J connectivity index is 1.69. The molecule has 146 valence electrons. The Kier molecular flexibility index (Phi) is 8.50. The lowest BCUT2D eigenvalue weighted by atomic mass is 10.3. The van der Waals surface area contributed by atoms with Crippen molar-refractivity contribution in [2.45, 2.75) is 38.5 Å². The summed E-state index contributed by atoms with van der Waals surface area (Å²) in [7, 11) is 3.39. The number of guanidine groups is 1. The fraction of sp³-hybridized carbons (Fsp3) is 0.632. The van der Waals surface area contributed by atoms with Gasteiger partial charge in [-0.15, -0.1) is 0 Å². The summed E-state index contributed by atoms with van der Waals surface area (Å²) in [6.07, 6.45) is 1.16. The first-order valence-electron chi connectivity index (χ1n) is 9.08. The van der Waals surface area contributed by atoms with Crippen LogP contribution in [0.1, 0.15) is 20.3 Å². The summed E-state index contributed by atoms with van der Waals surface area (Å²) >= 11 is 0. The van der Waals surface area contributed by atoms with Crippen LogP contribution in [-0.4, -0.2) is 64.7 Å². The average Bonchev–Trinajstić information content (AvgIpc) is 3.17. The number of hydrogen-bond acceptors (Lipinski definition) is 5. The predicted octanol–water partition coefficient (Wildman–Crippen LogP) is 1.82. The molecule has 26 heavy (non-hydrogen) atoms. The van der Waals surface area contributed by atoms with Crippen LogP contribution in [-0.2, 0) is 9.47 Å². The van der Waals surface area contributed by atoms with Gasteiger partial charge in [0.2, 0.25) is 0 Å². The first-order chi connectivity index (χ1) is 12.6. The number of hydrogen-bond donors (Lipinski definition) is 2. The fourth-order valence-electron chi connectivity index (χ4n) is 2.58. The summed E-state index contributed by atoms with van der Waals surface area (Å²) in [6, 6.07) is 7.74. The van der Waals surface area contributed by atoms with Crippen molar-refractivity contribution in [1.29, 1.82) is 0 Å². The van der Waals surface area contributed by atoms with Gasteiger partial charge in [-0.3, -0.25) is 4.99 Å². The van der Waals surface area contributed by atoms with Gasteiger partial charge in [0, 0.05) is 25.8 Å². The van der Waals surface area contributed by atoms with Gasteiger partial charge in [-0.2, -0.15) is 0 Å². The van der Waals surface area contributed by atoms with E-state index in [1.165, 1.54) is 0 Å². The lowest BCUT2D eigenvalue weighted by molar-refractivity contribution is 0.0347. The first-order valence-corrected chi connectivity index (χ1v) is 9.08. The molecule has 2 N–H and O–H groups in total. The molecule has 1 saturated heterocycles. The van der Waals surface area contributed by atoms with Crippen LogP contribution in [0.25, 0.3) is 0 Å². The number of methoxy groups -OCH3 is 1. The molecule has 0 amide bonds. The SMILES string of the molecule is CN=C(NCC(C)Oc1cccc(OC)c1)NC(C)COC1CCOC1. The van der Waals surface area contributed by atoms with Crippen LogP contribution in [0, 0.1) is 0 Å². The summed E-state index contributed by atoms with van der Waals surface area (Å²) in [6.45, 7) is 6.80. The van der Waals surface area contributed by atoms with E-state index in [2.05, 4.69) is 22.5 Å². The number of nitrogens with one attached hydrogen (secondary N) is 2. The molecule has 0 aliphatic carbocycles. The topological polar surface area (TPSA) is 73.3 Å². The molecule has 1 heterocycles. The third-order valence-electron chi connectivity index (χ3n) is 4.01. The van der Waals surface area contributed by atoms with Gasteiger partial charge in [-0.05, 0) is 32.4 Å². The standard InChI is InChI=1S/C19H31N3O4/c1-14(12-25-18-8-9-24-13-18)22-19(20-3)21-11-15(2)26-17-7-5-6-16(10-17)23-4/h5-7,10,14-15,18H,8-9,11-13H2,1-4H3,(H2,20,21,22). The van der Waals surface area contributed by atoms with Crippen molar-refractivity contribution in [1.82, 2.24) is 10.6 Å². The highest BCUT2D eigenvalue weighted by molar-refractivity contribution is 5.79. The lowest BCUT2D eigenvalue weighted by Gasteiger charge is -2.21. The van der Waals surface area contributed by atoms with Crippen molar-refractivity contribution < 1.29 is 18.9 Å². The second-order valence-corrected chi connectivity index (χ2v) is 6.42. The average molecular weight is 365 g/mol. The molecule has 1 aromatic rings. The Morgan fingerprint density at radius 2 is 2.15 bits per heavy atom. The van der Waals surface area contributed by atoms with Crippen molar-refractivity contribution in [3.63, 3.8) is 0 Å². The molecule has 0 saturated carbocycles. The lowest BCUT2D eigenvalue weighted by Crippen LogP contribution is -2.46. The second-order valence-electron chi connectivity index (χ2n) is 6.42. The van der Waals surface area contributed by atoms with Gasteiger partial charge in [0.05, 0.1) is 33.0 Å². The Hall–Kier alpha value is -1.99. The molecule has 0 radical (unpaired) electrons. The van der Waals surface area contributed by atoms with Crippen molar-refractivity contribution in [3.05, 3.63) is 24.3 Å². The van der Waals surface area contributed by atoms with E-state index in [1.54, 1.807) is 14.2 Å². The van der Waals surface area contributed by atoms with Crippen LogP contribution >= 0.6 is 0 Å². The van der Waals surface area contributed by atoms with E-state index < -0.39 is 0 Å². The molecule has 0 spiro atoms. The molecule has 3 unspecified atom stereocenters. The van der Waals surface area contributed by atoms with Gasteiger partial charge >= 0.3 is 0 Å². The second kappa shape index (κ2) is 10.9. The predicted molar refractivity (Wildman–Crippen MR) is 102 cm³/mol. The molecule has 1 aliphatic heterocycles. The highest BCUT2D eigenvalue weighted by Crippen LogP contribution is 2.19. The van der Waals surface area contributed by atoms with Crippen LogP contribution in [0.5, 0.6) is 11.5 Å². The maximum atomic E-state index is 5.91. The first kappa shape index (κ1) is 20.3. The van der Waals surface area contributed by atoms with Gasteiger partial charge in [0.25, 0.3) is 0 Å². The van der Waals surface area contributed by atoms with Crippen LogP contribution in [0.2, 0.25) is 0 Å². The van der Waals surface area contributed by atoms with Crippen LogP contribution in [0.15, 0.2) is 29.3 Å². The van der Waals surface area contributed by atoms with E-state index in [4.69, 9.17) is 18.9 Å². The number of nitrogens with zero attached hydrogens (tertiary/aromatic N) is 1. The summed E-state index contributed by atoms with van der Waals surface area (Å²) in [4.78, 5) is 4.25. The van der Waals surface area contributed by atoms with Crippen LogP contribution < -0.4 is 20.1 Å². The van der Waals surface area contributed by atoms with Crippen molar-refractivity contribution >= 4 is 5.96 Å². The summed E-state index contributed by atoms with van der Waals surface area (Å²) < 4.78 is 22.3. The maximum absolute atomic E-state index is 5.91. The molecule has 2 rings (SSSR count). The summed E-state index contributed by atoms with van der Waals surface area (Å²) in [5, 5.41) is 6.60. The Morgan fingerprint density at radius 1 is 1.35 bits per heavy atom. The van der Waals surface area contributed by atoms with Gasteiger partial charge < -0.3 is 29.6 Å². The zero-order valence-electron chi connectivity index (χ0n) is 16.2. The van der Waals surface area contributed by atoms with Crippen LogP contribution in [0.3, 0.4) is 0 Å². The quantitative estimate of drug-likeness (QED) is 0.514. The third-order valence-corrected chi connectivity index (χ3v) is 4.01. The van der Waals surface area contributed by atoms with E-state index in [0.717, 1.165) is 30.5 Å². The Bertz CT molecular complexity index is 561. The smallest absolute Gasteiger partial charge is 0.191 e. The molecule has 1 aliphatic rings. The minimum Gasteiger partial charge on any atom is -0.497 e. The molecule has 0 aromatic heterocycles. The number of ether oxygens (including phenoxy) is 4. The molecule has 7 heteroatoms. The maximum Gasteiger partial charge on any atom is 0.191 e. The number of aliphatic imine (C=N–C) groups is 1. The molecular weight excluding hydrogens is 334 g/mol. The molecule has 3 atom stereocenters. The summed E-state index contributed by atoms with van der Waals surface area (Å²) in [5.74, 6) is 2.29. The van der Waals surface area contributed by atoms with E-state index >= 15 is 0 Å². The highest BCUT2D eigenvalue weighted by atomic mass is 16.5. The largest absolute Gasteiger partial charge is 0.497 e. The van der Waals surface area contributed by atoms with Gasteiger partial charge in [-0.25, -0.2) is 0 Å². The molecular formula is C19H31N3O4. The van der Waals surface area contributed by atoms with Crippen molar-refractivity contribution in [3.8, 4) is 11.5 Å². The molecule has 1 aromatic carbocycles.